The zero-order chi connectivity index (χ0) is 28.9. The highest BCUT2D eigenvalue weighted by atomic mass is 15.2. The summed E-state index contributed by atoms with van der Waals surface area (Å²) in [7, 11) is 2.24. The van der Waals surface area contributed by atoms with Crippen LogP contribution in [0.25, 0.3) is 17.3 Å². The Balaban J connectivity index is 0.00000169. The number of allylic oxidation sites excluding steroid dienone is 5. The molecule has 1 aliphatic heterocycles. The fraction of sp³-hybridized carbons (Fsp3) is 0.571. The van der Waals surface area contributed by atoms with Gasteiger partial charge in [-0.3, -0.25) is 0 Å². The standard InChI is InChI=1S/C28H39N2.C3H8.2C2H6/c1-10-13-21(16-18(3)4)27-28-24(17-30(27)20(7)8)23-15-12-14-22(19(5)6)26(23)25(11-2)29(28)9;1-3-2;2*1-2/h10-11,13,18H,5,7,12,14-17H2,1-4,6,8-9H3;3H2,1-2H3;2*1-2H3/q+1;;;/b13-10+,25-11+,27-21+;;;. The van der Waals surface area contributed by atoms with Gasteiger partial charge in [0.2, 0.25) is 11.0 Å². The summed E-state index contributed by atoms with van der Waals surface area (Å²) in [6.07, 6.45) is 12.6. The average molecular weight is 508 g/mol. The van der Waals surface area contributed by atoms with E-state index in [1.54, 1.807) is 0 Å². The van der Waals surface area contributed by atoms with Crippen molar-refractivity contribution >= 4 is 17.3 Å². The molecule has 1 aromatic heterocycles. The molecule has 0 fully saturated rings. The Morgan fingerprint density at radius 1 is 1.00 bits per heavy atom. The number of fused-ring (bicyclic) bond motifs is 3. The van der Waals surface area contributed by atoms with E-state index in [0.717, 1.165) is 31.5 Å². The molecule has 1 aliphatic carbocycles. The molecule has 0 atom stereocenters. The van der Waals surface area contributed by atoms with Gasteiger partial charge in [0.05, 0.1) is 11.8 Å². The van der Waals surface area contributed by atoms with E-state index in [9.17, 15) is 0 Å². The molecule has 0 spiro atoms. The molecule has 0 saturated carbocycles. The smallest absolute Gasteiger partial charge is 0.235 e. The van der Waals surface area contributed by atoms with Crippen LogP contribution in [0.5, 0.6) is 0 Å². The van der Waals surface area contributed by atoms with Crippen molar-refractivity contribution in [2.24, 2.45) is 13.0 Å². The lowest BCUT2D eigenvalue weighted by Gasteiger charge is -2.22. The molecule has 2 heterocycles. The number of rotatable bonds is 5. The summed E-state index contributed by atoms with van der Waals surface area (Å²) in [6, 6.07) is 0. The molecular weight excluding hydrogens is 448 g/mol. The minimum absolute atomic E-state index is 0.600. The molecule has 2 aliphatic rings. The quantitative estimate of drug-likeness (QED) is 0.362. The van der Waals surface area contributed by atoms with Crippen molar-refractivity contribution in [3.63, 3.8) is 0 Å². The van der Waals surface area contributed by atoms with Crippen LogP contribution >= 0.6 is 0 Å². The minimum Gasteiger partial charge on any atom is -0.336 e. The van der Waals surface area contributed by atoms with Gasteiger partial charge in [-0.25, -0.2) is 0 Å². The zero-order valence-electron chi connectivity index (χ0n) is 26.9. The minimum atomic E-state index is 0.600. The molecule has 3 rings (SSSR count). The molecule has 0 N–H and O–H groups in total. The molecule has 208 valence electrons. The van der Waals surface area contributed by atoms with Crippen molar-refractivity contribution in [1.29, 1.82) is 0 Å². The van der Waals surface area contributed by atoms with Gasteiger partial charge in [-0.05, 0) is 82.1 Å². The first-order chi connectivity index (χ1) is 17.6. The van der Waals surface area contributed by atoms with Crippen LogP contribution in [-0.2, 0) is 20.0 Å². The van der Waals surface area contributed by atoms with Crippen LogP contribution in [0.1, 0.15) is 126 Å². The summed E-state index contributed by atoms with van der Waals surface area (Å²) in [6.45, 7) is 35.0. The fourth-order valence-electron chi connectivity index (χ4n) is 5.26. The third-order valence-corrected chi connectivity index (χ3v) is 6.42. The lowest BCUT2D eigenvalue weighted by Crippen LogP contribution is -2.59. The maximum absolute atomic E-state index is 4.35. The van der Waals surface area contributed by atoms with E-state index in [4.69, 9.17) is 0 Å². The number of hydrogen-bond acceptors (Lipinski definition) is 1. The highest BCUT2D eigenvalue weighted by molar-refractivity contribution is 5.75. The van der Waals surface area contributed by atoms with Crippen molar-refractivity contribution in [3.05, 3.63) is 69.5 Å². The molecular formula is C35H59N2+. The number of pyridine rings is 1. The van der Waals surface area contributed by atoms with E-state index < -0.39 is 0 Å². The van der Waals surface area contributed by atoms with E-state index in [1.165, 1.54) is 62.6 Å². The first-order valence-electron chi connectivity index (χ1n) is 14.8. The van der Waals surface area contributed by atoms with Crippen LogP contribution in [-0.4, -0.2) is 4.90 Å². The molecule has 2 heteroatoms. The van der Waals surface area contributed by atoms with E-state index in [-0.39, 0.29) is 0 Å². The Bertz CT molecular complexity index is 1090. The van der Waals surface area contributed by atoms with Gasteiger partial charge in [0, 0.05) is 11.3 Å². The van der Waals surface area contributed by atoms with Gasteiger partial charge in [0.15, 0.2) is 0 Å². The predicted octanol–water partition coefficient (Wildman–Crippen LogP) is 8.53. The van der Waals surface area contributed by atoms with Gasteiger partial charge in [-0.15, -0.1) is 0 Å². The van der Waals surface area contributed by atoms with Gasteiger partial charge in [-0.2, -0.15) is 4.57 Å². The Kier molecular flexibility index (Phi) is 16.1. The summed E-state index contributed by atoms with van der Waals surface area (Å²) in [5.41, 5.74) is 10.9. The molecule has 0 bridgehead atoms. The predicted molar refractivity (Wildman–Crippen MR) is 168 cm³/mol. The Hall–Kier alpha value is -2.35. The van der Waals surface area contributed by atoms with Crippen LogP contribution in [0, 0.1) is 5.92 Å². The van der Waals surface area contributed by atoms with Gasteiger partial charge in [-0.1, -0.05) is 92.7 Å². The monoisotopic (exact) mass is 507 g/mol. The average Bonchev–Trinajstić information content (AvgIpc) is 3.28. The SMILES string of the molecule is C=C(C)C1=c2c(c3c([n+](C)/c2=C/C)/C(=C(/C=C/C)CC(C)C)N(C(=C)C)C3)CCC1.CC.CC.CCC. The van der Waals surface area contributed by atoms with Gasteiger partial charge in [0.25, 0.3) is 0 Å². The van der Waals surface area contributed by atoms with E-state index >= 15 is 0 Å². The second kappa shape index (κ2) is 17.2. The number of aromatic nitrogens is 1. The van der Waals surface area contributed by atoms with Gasteiger partial charge >= 0.3 is 0 Å². The summed E-state index contributed by atoms with van der Waals surface area (Å²) >= 11 is 0. The zero-order valence-corrected chi connectivity index (χ0v) is 26.9. The van der Waals surface area contributed by atoms with Crippen LogP contribution in [0.15, 0.2) is 42.2 Å². The molecule has 1 aromatic rings. The Morgan fingerprint density at radius 2 is 1.57 bits per heavy atom. The lowest BCUT2D eigenvalue weighted by atomic mass is 9.86. The van der Waals surface area contributed by atoms with Crippen LogP contribution in [0.3, 0.4) is 0 Å². The Morgan fingerprint density at radius 3 is 2.00 bits per heavy atom. The normalized spacial score (nSPS) is 15.7. The van der Waals surface area contributed by atoms with E-state index in [0.29, 0.717) is 5.92 Å². The second-order valence-electron chi connectivity index (χ2n) is 10.0. The molecule has 0 aromatic carbocycles. The maximum Gasteiger partial charge on any atom is 0.235 e. The fourth-order valence-corrected chi connectivity index (χ4v) is 5.26. The molecule has 37 heavy (non-hydrogen) atoms. The van der Waals surface area contributed by atoms with Crippen molar-refractivity contribution in [3.8, 4) is 0 Å². The third-order valence-electron chi connectivity index (χ3n) is 6.42. The van der Waals surface area contributed by atoms with E-state index in [1.807, 2.05) is 27.7 Å². The highest BCUT2D eigenvalue weighted by Crippen LogP contribution is 2.39. The molecule has 2 nitrogen and oxygen atoms in total. The topological polar surface area (TPSA) is 7.12 Å². The molecule has 0 amide bonds. The summed E-state index contributed by atoms with van der Waals surface area (Å²) in [5.74, 6) is 0.600. The third kappa shape index (κ3) is 8.06. The number of hydrogen-bond donors (Lipinski definition) is 0. The molecule has 0 radical (unpaired) electrons. The first-order valence-corrected chi connectivity index (χ1v) is 14.8. The van der Waals surface area contributed by atoms with Crippen LogP contribution in [0.4, 0.5) is 0 Å². The van der Waals surface area contributed by atoms with Gasteiger partial charge in [0.1, 0.15) is 12.7 Å². The van der Waals surface area contributed by atoms with Gasteiger partial charge < -0.3 is 4.90 Å². The van der Waals surface area contributed by atoms with Crippen molar-refractivity contribution in [2.75, 3.05) is 0 Å². The number of nitrogens with zero attached hydrogens (tertiary/aromatic N) is 2. The second-order valence-corrected chi connectivity index (χ2v) is 10.0. The summed E-state index contributed by atoms with van der Waals surface area (Å²) < 4.78 is 2.44. The van der Waals surface area contributed by atoms with E-state index in [2.05, 4.69) is 103 Å². The van der Waals surface area contributed by atoms with Crippen molar-refractivity contribution in [2.45, 2.75) is 122 Å². The Labute approximate surface area is 230 Å². The molecule has 0 unspecified atom stereocenters. The van der Waals surface area contributed by atoms with Crippen molar-refractivity contribution < 1.29 is 4.57 Å². The van der Waals surface area contributed by atoms with Crippen LogP contribution < -0.4 is 15.1 Å². The van der Waals surface area contributed by atoms with Crippen molar-refractivity contribution in [1.82, 2.24) is 4.90 Å². The summed E-state index contributed by atoms with van der Waals surface area (Å²) in [4.78, 5) is 2.44. The maximum atomic E-state index is 4.35. The lowest BCUT2D eigenvalue weighted by molar-refractivity contribution is -0.687. The molecule has 0 saturated heterocycles. The highest BCUT2D eigenvalue weighted by Gasteiger charge is 2.38. The largest absolute Gasteiger partial charge is 0.336 e. The summed E-state index contributed by atoms with van der Waals surface area (Å²) in [5, 5.41) is 2.77. The van der Waals surface area contributed by atoms with Crippen LogP contribution in [0.2, 0.25) is 0 Å². The first kappa shape index (κ1) is 34.6.